The van der Waals surface area contributed by atoms with Gasteiger partial charge in [0.1, 0.15) is 6.54 Å². The maximum Gasteiger partial charge on any atom is 0.332 e. The lowest BCUT2D eigenvalue weighted by atomic mass is 10.2. The summed E-state index contributed by atoms with van der Waals surface area (Å²) >= 11 is 5.94. The Kier molecular flexibility index (Phi) is 5.22. The fourth-order valence-corrected chi connectivity index (χ4v) is 3.88. The summed E-state index contributed by atoms with van der Waals surface area (Å²) in [4.78, 5) is 43.0. The van der Waals surface area contributed by atoms with Crippen molar-refractivity contribution >= 4 is 34.5 Å². The predicted octanol–water partition coefficient (Wildman–Crippen LogP) is 2.03. The van der Waals surface area contributed by atoms with Crippen LogP contribution in [0.2, 0.25) is 5.02 Å². The number of aryl methyl sites for hydroxylation is 2. The molecule has 0 unspecified atom stereocenters. The number of hydrogen-bond donors (Lipinski definition) is 0. The summed E-state index contributed by atoms with van der Waals surface area (Å²) < 4.78 is 11.0. The molecule has 0 saturated carbocycles. The molecule has 10 heteroatoms. The Morgan fingerprint density at radius 3 is 2.42 bits per heavy atom. The van der Waals surface area contributed by atoms with Crippen LogP contribution in [0.25, 0.3) is 16.9 Å². The smallest absolute Gasteiger partial charge is 0.332 e. The van der Waals surface area contributed by atoms with Crippen LogP contribution in [0, 0.1) is 13.8 Å². The van der Waals surface area contributed by atoms with Gasteiger partial charge in [-0.25, -0.2) is 4.79 Å². The van der Waals surface area contributed by atoms with Crippen molar-refractivity contribution in [1.29, 1.82) is 0 Å². The van der Waals surface area contributed by atoms with Gasteiger partial charge in [0.2, 0.25) is 5.78 Å². The first-order valence-electron chi connectivity index (χ1n) is 9.82. The quantitative estimate of drug-likeness (QED) is 0.440. The molecule has 0 N–H and O–H groups in total. The Labute approximate surface area is 182 Å². The van der Waals surface area contributed by atoms with Crippen molar-refractivity contribution in [2.24, 2.45) is 7.05 Å². The van der Waals surface area contributed by atoms with E-state index in [9.17, 15) is 14.4 Å². The number of carbonyl (C=O) groups excluding carboxylic acids is 1. The van der Waals surface area contributed by atoms with Gasteiger partial charge in [-0.2, -0.15) is 4.98 Å². The fraction of sp³-hybridized carbons (Fsp3) is 0.333. The molecule has 0 spiro atoms. The molecule has 3 heterocycles. The highest BCUT2D eigenvalue weighted by Gasteiger charge is 2.23. The molecule has 1 aromatic carbocycles. The molecule has 9 nitrogen and oxygen atoms in total. The Balaban J connectivity index is 1.97. The van der Waals surface area contributed by atoms with E-state index in [1.165, 1.54) is 9.13 Å². The third-order valence-electron chi connectivity index (χ3n) is 5.48. The molecule has 3 aromatic heterocycles. The number of esters is 1. The molecule has 0 aliphatic rings. The summed E-state index contributed by atoms with van der Waals surface area (Å²) in [7, 11) is 1.58. The standard InChI is InChI=1S/C21H22ClN5O4/c1-5-31-16(28)11-25-12(2)13(3)27-17-18(23-20(25)27)24(4)21(30)26(19(17)29)10-14-6-8-15(22)9-7-14/h6-9H,5,10-11H2,1-4H3. The SMILES string of the molecule is CCOC(=O)Cn1c(C)c(C)n2c3c(=O)n(Cc4ccc(Cl)cc4)c(=O)n(C)c3nc12. The highest BCUT2D eigenvalue weighted by molar-refractivity contribution is 6.30. The molecule has 4 aromatic rings. The second-order valence-corrected chi connectivity index (χ2v) is 7.78. The minimum Gasteiger partial charge on any atom is -0.465 e. The molecular weight excluding hydrogens is 422 g/mol. The molecule has 0 aliphatic heterocycles. The fourth-order valence-electron chi connectivity index (χ4n) is 3.75. The monoisotopic (exact) mass is 443 g/mol. The Morgan fingerprint density at radius 2 is 1.77 bits per heavy atom. The molecule has 162 valence electrons. The number of carbonyl (C=O) groups is 1. The highest BCUT2D eigenvalue weighted by atomic mass is 35.5. The molecule has 0 aliphatic carbocycles. The van der Waals surface area contributed by atoms with Gasteiger partial charge in [0.25, 0.3) is 5.56 Å². The maximum atomic E-state index is 13.4. The summed E-state index contributed by atoms with van der Waals surface area (Å²) in [6, 6.07) is 6.97. The number of rotatable bonds is 5. The molecule has 31 heavy (non-hydrogen) atoms. The van der Waals surface area contributed by atoms with Crippen molar-refractivity contribution in [3.05, 3.63) is 67.1 Å². The Hall–Kier alpha value is -3.33. The van der Waals surface area contributed by atoms with Gasteiger partial charge in [0, 0.05) is 23.5 Å². The molecular formula is C21H22ClN5O4. The lowest BCUT2D eigenvalue weighted by Gasteiger charge is -2.09. The van der Waals surface area contributed by atoms with Crippen LogP contribution in [-0.4, -0.2) is 35.7 Å². The van der Waals surface area contributed by atoms with E-state index in [0.29, 0.717) is 10.8 Å². The van der Waals surface area contributed by atoms with Gasteiger partial charge < -0.3 is 9.30 Å². The molecule has 0 radical (unpaired) electrons. The first kappa shape index (κ1) is 20.9. The number of fused-ring (bicyclic) bond motifs is 3. The van der Waals surface area contributed by atoms with E-state index in [1.54, 1.807) is 47.2 Å². The maximum absolute atomic E-state index is 13.4. The highest BCUT2D eigenvalue weighted by Crippen LogP contribution is 2.21. The van der Waals surface area contributed by atoms with E-state index in [0.717, 1.165) is 17.0 Å². The minimum atomic E-state index is -0.473. The molecule has 4 rings (SSSR count). The Morgan fingerprint density at radius 1 is 1.10 bits per heavy atom. The topological polar surface area (TPSA) is 92.5 Å². The zero-order valence-corrected chi connectivity index (χ0v) is 18.4. The lowest BCUT2D eigenvalue weighted by Crippen LogP contribution is -2.39. The van der Waals surface area contributed by atoms with Crippen molar-refractivity contribution in [3.63, 3.8) is 0 Å². The minimum absolute atomic E-state index is 0.0345. The van der Waals surface area contributed by atoms with Gasteiger partial charge in [-0.3, -0.25) is 23.1 Å². The van der Waals surface area contributed by atoms with Crippen molar-refractivity contribution in [1.82, 2.24) is 23.1 Å². The average molecular weight is 444 g/mol. The molecule has 0 bridgehead atoms. The molecule has 0 fully saturated rings. The van der Waals surface area contributed by atoms with E-state index >= 15 is 0 Å². The summed E-state index contributed by atoms with van der Waals surface area (Å²) in [6.07, 6.45) is 0. The van der Waals surface area contributed by atoms with Crippen LogP contribution < -0.4 is 11.2 Å². The van der Waals surface area contributed by atoms with E-state index in [2.05, 4.69) is 4.98 Å². The normalized spacial score (nSPS) is 11.5. The number of halogens is 1. The van der Waals surface area contributed by atoms with Gasteiger partial charge in [-0.15, -0.1) is 0 Å². The van der Waals surface area contributed by atoms with Crippen molar-refractivity contribution < 1.29 is 9.53 Å². The van der Waals surface area contributed by atoms with Crippen molar-refractivity contribution in [2.75, 3.05) is 6.61 Å². The summed E-state index contributed by atoms with van der Waals surface area (Å²) in [5.41, 5.74) is 1.95. The molecule has 0 saturated heterocycles. The number of hydrogen-bond acceptors (Lipinski definition) is 5. The van der Waals surface area contributed by atoms with Crippen LogP contribution in [0.15, 0.2) is 33.9 Å². The van der Waals surface area contributed by atoms with Crippen LogP contribution in [0.1, 0.15) is 23.9 Å². The first-order valence-corrected chi connectivity index (χ1v) is 10.2. The third-order valence-corrected chi connectivity index (χ3v) is 5.73. The number of benzene rings is 1. The number of aromatic nitrogens is 5. The second-order valence-electron chi connectivity index (χ2n) is 7.34. The van der Waals surface area contributed by atoms with E-state index < -0.39 is 17.2 Å². The Bertz CT molecular complexity index is 1440. The van der Waals surface area contributed by atoms with E-state index in [4.69, 9.17) is 16.3 Å². The van der Waals surface area contributed by atoms with Crippen LogP contribution in [-0.2, 0) is 29.7 Å². The third kappa shape index (κ3) is 3.34. The van der Waals surface area contributed by atoms with Crippen LogP contribution in [0.5, 0.6) is 0 Å². The summed E-state index contributed by atoms with van der Waals surface area (Å²) in [5.74, 6) is 0.0126. The van der Waals surface area contributed by atoms with Crippen molar-refractivity contribution in [2.45, 2.75) is 33.9 Å². The molecule has 0 amide bonds. The van der Waals surface area contributed by atoms with Gasteiger partial charge in [0.05, 0.1) is 13.2 Å². The molecule has 0 atom stereocenters. The zero-order chi connectivity index (χ0) is 22.4. The van der Waals surface area contributed by atoms with Gasteiger partial charge >= 0.3 is 11.7 Å². The van der Waals surface area contributed by atoms with Gasteiger partial charge in [0.15, 0.2) is 11.2 Å². The van der Waals surface area contributed by atoms with E-state index in [-0.39, 0.29) is 30.9 Å². The van der Waals surface area contributed by atoms with Gasteiger partial charge in [-0.1, -0.05) is 23.7 Å². The predicted molar refractivity (Wildman–Crippen MR) is 117 cm³/mol. The van der Waals surface area contributed by atoms with Crippen LogP contribution in [0.4, 0.5) is 0 Å². The zero-order valence-electron chi connectivity index (χ0n) is 17.7. The van der Waals surface area contributed by atoms with E-state index in [1.807, 2.05) is 13.8 Å². The summed E-state index contributed by atoms with van der Waals surface area (Å²) in [5, 5.41) is 0.575. The number of ether oxygens (including phenoxy) is 1. The van der Waals surface area contributed by atoms with Crippen LogP contribution in [0.3, 0.4) is 0 Å². The number of imidazole rings is 2. The number of nitrogens with zero attached hydrogens (tertiary/aromatic N) is 5. The average Bonchev–Trinajstić information content (AvgIpc) is 3.23. The van der Waals surface area contributed by atoms with Gasteiger partial charge in [-0.05, 0) is 38.5 Å². The van der Waals surface area contributed by atoms with Crippen molar-refractivity contribution in [3.8, 4) is 0 Å². The lowest BCUT2D eigenvalue weighted by molar-refractivity contribution is -0.143. The second kappa shape index (κ2) is 7.73. The largest absolute Gasteiger partial charge is 0.465 e. The van der Waals surface area contributed by atoms with Crippen LogP contribution >= 0.6 is 11.6 Å². The summed E-state index contributed by atoms with van der Waals surface area (Å²) in [6.45, 7) is 5.78. The first-order chi connectivity index (χ1) is 14.7.